The maximum atomic E-state index is 8.16. The van der Waals surface area contributed by atoms with Crippen LogP contribution in [0.2, 0.25) is 0 Å². The molecule has 0 spiro atoms. The second-order valence-electron chi connectivity index (χ2n) is 1.83. The Labute approximate surface area is 47.8 Å². The van der Waals surface area contributed by atoms with E-state index in [-0.39, 0.29) is 17.0 Å². The summed E-state index contributed by atoms with van der Waals surface area (Å²) in [6.45, 7) is 3.39. The molecule has 0 atom stereocenters. The van der Waals surface area contributed by atoms with Crippen LogP contribution in [0.4, 0.5) is 0 Å². The van der Waals surface area contributed by atoms with Crippen molar-refractivity contribution in [2.75, 3.05) is 0 Å². The molecule has 0 aromatic rings. The lowest BCUT2D eigenvalue weighted by molar-refractivity contribution is -0.248. The van der Waals surface area contributed by atoms with Crippen LogP contribution in [-0.2, 0) is 0 Å². The van der Waals surface area contributed by atoms with Crippen LogP contribution in [0.3, 0.4) is 0 Å². The number of amidine groups is 1. The van der Waals surface area contributed by atoms with Gasteiger partial charge < -0.3 is 0 Å². The Hall–Kier alpha value is -0.610. The summed E-state index contributed by atoms with van der Waals surface area (Å²) in [6.07, 6.45) is 0. The summed E-state index contributed by atoms with van der Waals surface area (Å²) in [5.74, 6) is -0.352. The van der Waals surface area contributed by atoms with Crippen LogP contribution in [0.25, 0.3) is 0 Å². The fourth-order valence-electron chi connectivity index (χ4n) is 0.231. The second kappa shape index (κ2) is 2.64. The lowest BCUT2D eigenvalue weighted by atomic mass is 10.2. The van der Waals surface area contributed by atoms with E-state index < -0.39 is 0 Å². The lowest BCUT2D eigenvalue weighted by Crippen LogP contribution is -2.26. The monoisotopic (exact) mass is 118 g/mol. The number of nitrogens with zero attached hydrogens (tertiary/aromatic N) is 1. The molecule has 0 aliphatic carbocycles. The highest BCUT2D eigenvalue weighted by atomic mass is 16.8. The predicted octanol–water partition coefficient (Wildman–Crippen LogP) is 0.700. The van der Waals surface area contributed by atoms with Gasteiger partial charge in [-0.1, -0.05) is 13.8 Å². The number of hydroxylamine groups is 2. The molecular weight excluding hydrogens is 108 g/mol. The largest absolute Gasteiger partial charge is 0.284 e. The highest BCUT2D eigenvalue weighted by Crippen LogP contribution is 1.94. The van der Waals surface area contributed by atoms with Gasteiger partial charge >= 0.3 is 0 Å². The van der Waals surface area contributed by atoms with Gasteiger partial charge in [0.05, 0.1) is 0 Å². The van der Waals surface area contributed by atoms with Gasteiger partial charge in [-0.05, 0) is 0 Å². The molecule has 4 heteroatoms. The summed E-state index contributed by atoms with van der Waals surface area (Å²) in [5, 5.41) is 23.0. The molecule has 0 aliphatic heterocycles. The summed E-state index contributed by atoms with van der Waals surface area (Å²) in [4.78, 5) is 0. The second-order valence-corrected chi connectivity index (χ2v) is 1.83. The average molecular weight is 118 g/mol. The smallest absolute Gasteiger partial charge is 0.154 e. The van der Waals surface area contributed by atoms with E-state index in [0.29, 0.717) is 0 Å². The predicted molar refractivity (Wildman–Crippen MR) is 28.0 cm³/mol. The van der Waals surface area contributed by atoms with Crippen molar-refractivity contribution in [1.82, 2.24) is 5.23 Å². The maximum Gasteiger partial charge on any atom is 0.154 e. The fourth-order valence-corrected chi connectivity index (χ4v) is 0.231. The molecule has 0 saturated heterocycles. The van der Waals surface area contributed by atoms with E-state index in [2.05, 4.69) is 0 Å². The topological polar surface area (TPSA) is 67.6 Å². The molecule has 0 unspecified atom stereocenters. The zero-order valence-electron chi connectivity index (χ0n) is 4.92. The Morgan fingerprint density at radius 1 is 1.50 bits per heavy atom. The van der Waals surface area contributed by atoms with E-state index in [4.69, 9.17) is 15.8 Å². The molecule has 0 fully saturated rings. The van der Waals surface area contributed by atoms with Gasteiger partial charge in [0.25, 0.3) is 0 Å². The van der Waals surface area contributed by atoms with E-state index in [9.17, 15) is 0 Å². The molecule has 0 radical (unpaired) electrons. The molecule has 0 amide bonds. The Morgan fingerprint density at radius 3 is 1.88 bits per heavy atom. The molecule has 3 N–H and O–H groups in total. The van der Waals surface area contributed by atoms with Gasteiger partial charge in [-0.3, -0.25) is 15.8 Å². The first-order valence-electron chi connectivity index (χ1n) is 2.32. The van der Waals surface area contributed by atoms with Crippen LogP contribution in [-0.4, -0.2) is 21.5 Å². The third-order valence-corrected chi connectivity index (χ3v) is 0.762. The Balaban J connectivity index is 3.65. The molecule has 0 aromatic carbocycles. The van der Waals surface area contributed by atoms with Crippen molar-refractivity contribution < 1.29 is 10.4 Å². The molecule has 0 heterocycles. The highest BCUT2D eigenvalue weighted by Gasteiger charge is 2.06. The van der Waals surface area contributed by atoms with E-state index in [1.807, 2.05) is 0 Å². The first-order chi connectivity index (χ1) is 3.55. The van der Waals surface area contributed by atoms with Gasteiger partial charge in [0.15, 0.2) is 5.84 Å². The Bertz CT molecular complexity index is 80.0. The SMILES string of the molecule is CC(C)C(=N)N(O)O. The fraction of sp³-hybridized carbons (Fsp3) is 0.750. The molecule has 0 aromatic heterocycles. The van der Waals surface area contributed by atoms with Crippen LogP contribution in [0, 0.1) is 11.3 Å². The molecule has 0 aliphatic rings. The lowest BCUT2D eigenvalue weighted by Gasteiger charge is -2.10. The van der Waals surface area contributed by atoms with E-state index >= 15 is 0 Å². The maximum absolute atomic E-state index is 8.16. The van der Waals surface area contributed by atoms with Crippen LogP contribution in [0.1, 0.15) is 13.8 Å². The molecule has 0 rings (SSSR count). The molecule has 4 nitrogen and oxygen atoms in total. The first kappa shape index (κ1) is 7.39. The quantitative estimate of drug-likeness (QED) is 0.270. The van der Waals surface area contributed by atoms with Crippen LogP contribution >= 0.6 is 0 Å². The van der Waals surface area contributed by atoms with Gasteiger partial charge in [0.2, 0.25) is 0 Å². The van der Waals surface area contributed by atoms with Gasteiger partial charge in [-0.25, -0.2) is 0 Å². The van der Waals surface area contributed by atoms with Crippen molar-refractivity contribution in [2.24, 2.45) is 5.92 Å². The van der Waals surface area contributed by atoms with Gasteiger partial charge in [-0.2, -0.15) is 0 Å². The van der Waals surface area contributed by atoms with Crippen LogP contribution in [0.5, 0.6) is 0 Å². The molecule has 0 saturated carbocycles. The zero-order valence-corrected chi connectivity index (χ0v) is 4.92. The van der Waals surface area contributed by atoms with Gasteiger partial charge in [0, 0.05) is 5.92 Å². The Kier molecular flexibility index (Phi) is 2.44. The Morgan fingerprint density at radius 2 is 1.88 bits per heavy atom. The summed E-state index contributed by atoms with van der Waals surface area (Å²) in [5.41, 5.74) is 0. The van der Waals surface area contributed by atoms with E-state index in [1.165, 1.54) is 0 Å². The molecule has 0 bridgehead atoms. The highest BCUT2D eigenvalue weighted by molar-refractivity contribution is 5.78. The average Bonchev–Trinajstić information content (AvgIpc) is 1.64. The number of nitrogens with one attached hydrogen (secondary N) is 1. The van der Waals surface area contributed by atoms with E-state index in [1.54, 1.807) is 13.8 Å². The van der Waals surface area contributed by atoms with E-state index in [0.717, 1.165) is 0 Å². The minimum atomic E-state index is -0.204. The number of rotatable bonds is 1. The van der Waals surface area contributed by atoms with Crippen molar-refractivity contribution in [1.29, 1.82) is 5.41 Å². The number of hydrogen-bond acceptors (Lipinski definition) is 3. The third-order valence-electron chi connectivity index (χ3n) is 0.762. The van der Waals surface area contributed by atoms with Gasteiger partial charge in [-0.15, -0.1) is 5.23 Å². The zero-order chi connectivity index (χ0) is 6.73. The first-order valence-corrected chi connectivity index (χ1v) is 2.32. The van der Waals surface area contributed by atoms with Crippen molar-refractivity contribution in [3.63, 3.8) is 0 Å². The summed E-state index contributed by atoms with van der Waals surface area (Å²) in [7, 11) is 0. The molecule has 8 heavy (non-hydrogen) atoms. The molecule has 48 valence electrons. The minimum absolute atomic E-state index is 0.148. The summed E-state index contributed by atoms with van der Waals surface area (Å²) in [6, 6.07) is 0. The van der Waals surface area contributed by atoms with Crippen molar-refractivity contribution in [2.45, 2.75) is 13.8 Å². The van der Waals surface area contributed by atoms with Crippen molar-refractivity contribution in [3.8, 4) is 0 Å². The third kappa shape index (κ3) is 1.90. The van der Waals surface area contributed by atoms with Gasteiger partial charge in [0.1, 0.15) is 0 Å². The number of hydrogen-bond donors (Lipinski definition) is 3. The van der Waals surface area contributed by atoms with Crippen molar-refractivity contribution in [3.05, 3.63) is 0 Å². The minimum Gasteiger partial charge on any atom is -0.284 e. The van der Waals surface area contributed by atoms with Crippen molar-refractivity contribution >= 4 is 5.84 Å². The summed E-state index contributed by atoms with van der Waals surface area (Å²) < 4.78 is 0. The van der Waals surface area contributed by atoms with Crippen LogP contribution < -0.4 is 0 Å². The standard InChI is InChI=1S/C4H10N2O2/c1-3(2)4(5)6(7)8/h3,5,7-8H,1-2H3. The summed E-state index contributed by atoms with van der Waals surface area (Å²) >= 11 is 0. The van der Waals surface area contributed by atoms with Crippen LogP contribution in [0.15, 0.2) is 0 Å². The normalized spacial score (nSPS) is 9.62. The molecular formula is C4H10N2O2.